The first-order valence-corrected chi connectivity index (χ1v) is 10.2. The summed E-state index contributed by atoms with van der Waals surface area (Å²) in [7, 11) is 1.24. The highest BCUT2D eigenvalue weighted by Gasteiger charge is 2.34. The number of hydrogen-bond acceptors (Lipinski definition) is 5. The van der Waals surface area contributed by atoms with Crippen LogP contribution in [-0.2, 0) is 16.1 Å². The van der Waals surface area contributed by atoms with E-state index in [1.54, 1.807) is 6.08 Å². The SMILES string of the molecule is COC(=O)c1ccc(CN2C(=O)N/C(=C\c3cccn3-c3ccc4ccccc4c3)C2=O)o1. The Labute approximate surface area is 188 Å². The predicted molar refractivity (Wildman–Crippen MR) is 120 cm³/mol. The molecule has 33 heavy (non-hydrogen) atoms. The molecule has 0 unspecified atom stereocenters. The molecule has 164 valence electrons. The highest BCUT2D eigenvalue weighted by Crippen LogP contribution is 2.23. The van der Waals surface area contributed by atoms with Gasteiger partial charge in [-0.05, 0) is 53.2 Å². The molecule has 8 heteroatoms. The highest BCUT2D eigenvalue weighted by atomic mass is 16.5. The fraction of sp³-hybridized carbons (Fsp3) is 0.0800. The van der Waals surface area contributed by atoms with Gasteiger partial charge in [-0.3, -0.25) is 9.69 Å². The third-order valence-electron chi connectivity index (χ3n) is 5.41. The van der Waals surface area contributed by atoms with Crippen LogP contribution in [0, 0.1) is 0 Å². The number of hydrogen-bond donors (Lipinski definition) is 1. The summed E-state index contributed by atoms with van der Waals surface area (Å²) in [5, 5.41) is 4.85. The van der Waals surface area contributed by atoms with E-state index in [9.17, 15) is 14.4 Å². The van der Waals surface area contributed by atoms with Crippen LogP contribution >= 0.6 is 0 Å². The Morgan fingerprint density at radius 1 is 1.03 bits per heavy atom. The van der Waals surface area contributed by atoms with Crippen molar-refractivity contribution in [2.75, 3.05) is 7.11 Å². The minimum Gasteiger partial charge on any atom is -0.463 e. The van der Waals surface area contributed by atoms with Crippen LogP contribution in [-0.4, -0.2) is 34.5 Å². The van der Waals surface area contributed by atoms with Gasteiger partial charge in [0.15, 0.2) is 0 Å². The summed E-state index contributed by atoms with van der Waals surface area (Å²) in [6.07, 6.45) is 3.53. The molecular weight excluding hydrogens is 422 g/mol. The van der Waals surface area contributed by atoms with Crippen LogP contribution in [0.5, 0.6) is 0 Å². The van der Waals surface area contributed by atoms with Crippen molar-refractivity contribution < 1.29 is 23.5 Å². The molecule has 0 bridgehead atoms. The summed E-state index contributed by atoms with van der Waals surface area (Å²) >= 11 is 0. The summed E-state index contributed by atoms with van der Waals surface area (Å²) in [6, 6.07) is 20.3. The van der Waals surface area contributed by atoms with Crippen LogP contribution in [0.25, 0.3) is 22.5 Å². The first-order valence-electron chi connectivity index (χ1n) is 10.2. The number of rotatable bonds is 5. The molecule has 1 saturated heterocycles. The first kappa shape index (κ1) is 20.3. The van der Waals surface area contributed by atoms with Crippen molar-refractivity contribution in [1.82, 2.24) is 14.8 Å². The molecule has 3 heterocycles. The van der Waals surface area contributed by atoms with Crippen molar-refractivity contribution in [3.63, 3.8) is 0 Å². The number of aromatic nitrogens is 1. The lowest BCUT2D eigenvalue weighted by atomic mass is 10.1. The van der Waals surface area contributed by atoms with E-state index >= 15 is 0 Å². The molecule has 0 atom stereocenters. The Morgan fingerprint density at radius 2 is 1.85 bits per heavy atom. The van der Waals surface area contributed by atoms with Crippen LogP contribution < -0.4 is 5.32 Å². The minimum atomic E-state index is -0.631. The van der Waals surface area contributed by atoms with E-state index in [0.29, 0.717) is 5.76 Å². The van der Waals surface area contributed by atoms with Gasteiger partial charge >= 0.3 is 12.0 Å². The van der Waals surface area contributed by atoms with Crippen molar-refractivity contribution in [1.29, 1.82) is 0 Å². The Balaban J connectivity index is 1.40. The molecule has 0 saturated carbocycles. The highest BCUT2D eigenvalue weighted by molar-refractivity contribution is 6.13. The molecule has 5 rings (SSSR count). The van der Waals surface area contributed by atoms with Gasteiger partial charge in [0.25, 0.3) is 5.91 Å². The van der Waals surface area contributed by atoms with Crippen LogP contribution in [0.1, 0.15) is 22.0 Å². The van der Waals surface area contributed by atoms with Crippen molar-refractivity contribution in [3.8, 4) is 5.69 Å². The van der Waals surface area contributed by atoms with Crippen molar-refractivity contribution in [2.24, 2.45) is 0 Å². The number of imide groups is 1. The number of amides is 3. The minimum absolute atomic E-state index is 0.00327. The number of nitrogens with zero attached hydrogens (tertiary/aromatic N) is 2. The zero-order chi connectivity index (χ0) is 22.9. The summed E-state index contributed by atoms with van der Waals surface area (Å²) < 4.78 is 11.9. The lowest BCUT2D eigenvalue weighted by Gasteiger charge is -2.10. The topological polar surface area (TPSA) is 93.8 Å². The fourth-order valence-electron chi connectivity index (χ4n) is 3.77. The van der Waals surface area contributed by atoms with Crippen LogP contribution in [0.3, 0.4) is 0 Å². The maximum Gasteiger partial charge on any atom is 0.373 e. The Kier molecular flexibility index (Phi) is 5.02. The number of nitrogens with one attached hydrogen (secondary N) is 1. The normalized spacial score (nSPS) is 14.8. The quantitative estimate of drug-likeness (QED) is 0.286. The van der Waals surface area contributed by atoms with Crippen molar-refractivity contribution in [2.45, 2.75) is 6.54 Å². The van der Waals surface area contributed by atoms with Crippen molar-refractivity contribution >= 4 is 34.8 Å². The molecule has 8 nitrogen and oxygen atoms in total. The van der Waals surface area contributed by atoms with Gasteiger partial charge in [-0.15, -0.1) is 0 Å². The molecule has 2 aromatic heterocycles. The molecule has 3 amide bonds. The van der Waals surface area contributed by atoms with Crippen LogP contribution in [0.15, 0.2) is 83.0 Å². The number of carbonyl (C=O) groups excluding carboxylic acids is 3. The van der Waals surface area contributed by atoms with Gasteiger partial charge < -0.3 is 19.0 Å². The van der Waals surface area contributed by atoms with E-state index in [-0.39, 0.29) is 18.0 Å². The number of furan rings is 1. The van der Waals surface area contributed by atoms with Gasteiger partial charge in [-0.25, -0.2) is 9.59 Å². The molecule has 0 aliphatic carbocycles. The third kappa shape index (κ3) is 3.78. The summed E-state index contributed by atoms with van der Waals surface area (Å²) in [6.45, 7) is -0.106. The predicted octanol–water partition coefficient (Wildman–Crippen LogP) is 4.10. The lowest BCUT2D eigenvalue weighted by molar-refractivity contribution is -0.123. The number of ether oxygens (including phenoxy) is 1. The summed E-state index contributed by atoms with van der Waals surface area (Å²) in [4.78, 5) is 37.9. The summed E-state index contributed by atoms with van der Waals surface area (Å²) in [5.41, 5.74) is 1.83. The van der Waals surface area contributed by atoms with Gasteiger partial charge in [-0.2, -0.15) is 0 Å². The molecule has 1 aliphatic rings. The number of urea groups is 1. The third-order valence-corrected chi connectivity index (χ3v) is 5.41. The monoisotopic (exact) mass is 441 g/mol. The number of esters is 1. The molecule has 0 spiro atoms. The second-order valence-electron chi connectivity index (χ2n) is 7.47. The van der Waals surface area contributed by atoms with Crippen LogP contribution in [0.2, 0.25) is 0 Å². The second kappa shape index (κ2) is 8.16. The second-order valence-corrected chi connectivity index (χ2v) is 7.47. The standard InChI is InChI=1S/C25H19N3O5/c1-32-24(30)22-11-10-20(33-22)15-28-23(29)21(26-25(28)31)14-18-7-4-12-27(18)19-9-8-16-5-2-3-6-17(16)13-19/h2-14H,15H2,1H3,(H,26,31)/b21-14-. The van der Waals surface area contributed by atoms with E-state index in [4.69, 9.17) is 4.42 Å². The Morgan fingerprint density at radius 3 is 2.67 bits per heavy atom. The van der Waals surface area contributed by atoms with E-state index in [1.165, 1.54) is 19.2 Å². The molecule has 1 N–H and O–H groups in total. The summed E-state index contributed by atoms with van der Waals surface area (Å²) in [5.74, 6) is -0.820. The Hall–Kier alpha value is -4.59. The van der Waals surface area contributed by atoms with E-state index in [0.717, 1.165) is 27.1 Å². The largest absolute Gasteiger partial charge is 0.463 e. The zero-order valence-electron chi connectivity index (χ0n) is 17.6. The van der Waals surface area contributed by atoms with Gasteiger partial charge in [0.1, 0.15) is 11.5 Å². The van der Waals surface area contributed by atoms with E-state index < -0.39 is 17.9 Å². The number of methoxy groups -OCH3 is 1. The molecule has 2 aromatic carbocycles. The average Bonchev–Trinajstić information content (AvgIpc) is 3.55. The van der Waals surface area contributed by atoms with Crippen molar-refractivity contribution in [3.05, 3.63) is 95.8 Å². The molecule has 1 aliphatic heterocycles. The fourth-order valence-corrected chi connectivity index (χ4v) is 3.77. The maximum absolute atomic E-state index is 12.9. The number of benzene rings is 2. The van der Waals surface area contributed by atoms with E-state index in [2.05, 4.69) is 16.1 Å². The molecular formula is C25H19N3O5. The van der Waals surface area contributed by atoms with Gasteiger partial charge in [0, 0.05) is 17.6 Å². The van der Waals surface area contributed by atoms with E-state index in [1.807, 2.05) is 59.3 Å². The lowest BCUT2D eigenvalue weighted by Crippen LogP contribution is -2.30. The van der Waals surface area contributed by atoms with Crippen LogP contribution in [0.4, 0.5) is 4.79 Å². The number of carbonyl (C=O) groups is 3. The van der Waals surface area contributed by atoms with Gasteiger partial charge in [-0.1, -0.05) is 30.3 Å². The van der Waals surface area contributed by atoms with Gasteiger partial charge in [0.2, 0.25) is 5.76 Å². The maximum atomic E-state index is 12.9. The average molecular weight is 441 g/mol. The molecule has 1 fully saturated rings. The molecule has 4 aromatic rings. The van der Waals surface area contributed by atoms with Gasteiger partial charge in [0.05, 0.1) is 13.7 Å². The smallest absolute Gasteiger partial charge is 0.373 e. The Bertz CT molecular complexity index is 1430. The zero-order valence-corrected chi connectivity index (χ0v) is 17.6. The number of fused-ring (bicyclic) bond motifs is 1. The first-order chi connectivity index (χ1) is 16.0. The molecule has 0 radical (unpaired) electrons.